The molecule has 0 radical (unpaired) electrons. The molecule has 0 heterocycles. The molecular weight excluding hydrogens is 324 g/mol. The minimum Gasteiger partial charge on any atom is -0.381 e. The summed E-state index contributed by atoms with van der Waals surface area (Å²) < 4.78 is 18.6. The Balaban J connectivity index is 2.32. The summed E-state index contributed by atoms with van der Waals surface area (Å²) in [6.07, 6.45) is 0.688. The van der Waals surface area contributed by atoms with Gasteiger partial charge in [-0.25, -0.2) is 4.39 Å². The highest BCUT2D eigenvalue weighted by atomic mass is 79.9. The van der Waals surface area contributed by atoms with Gasteiger partial charge in [0.2, 0.25) is 0 Å². The molecule has 1 aromatic carbocycles. The number of rotatable bonds is 7. The van der Waals surface area contributed by atoms with Gasteiger partial charge in [0.15, 0.2) is 0 Å². The van der Waals surface area contributed by atoms with Crippen LogP contribution in [0, 0.1) is 5.82 Å². The molecule has 1 amide bonds. The van der Waals surface area contributed by atoms with Crippen LogP contribution in [0.3, 0.4) is 0 Å². The number of ether oxygens (including phenoxy) is 1. The zero-order valence-electron chi connectivity index (χ0n) is 9.72. The minimum absolute atomic E-state index is 0.000719. The van der Waals surface area contributed by atoms with E-state index in [1.807, 2.05) is 0 Å². The molecule has 0 spiro atoms. The molecule has 0 aliphatic heterocycles. The summed E-state index contributed by atoms with van der Waals surface area (Å²) in [5.41, 5.74) is 0.000719. The summed E-state index contributed by atoms with van der Waals surface area (Å²) in [5.74, 6) is -1.06. The maximum atomic E-state index is 13.4. The van der Waals surface area contributed by atoms with Crippen molar-refractivity contribution in [2.24, 2.45) is 0 Å². The van der Waals surface area contributed by atoms with Crippen molar-refractivity contribution in [1.82, 2.24) is 5.32 Å². The first-order valence-electron chi connectivity index (χ1n) is 5.52. The lowest BCUT2D eigenvalue weighted by Gasteiger charge is -2.06. The quantitative estimate of drug-likeness (QED) is 0.613. The van der Waals surface area contributed by atoms with Gasteiger partial charge in [0, 0.05) is 23.5 Å². The van der Waals surface area contributed by atoms with E-state index < -0.39 is 11.7 Å². The number of nitrogens with one attached hydrogen (secondary N) is 1. The van der Waals surface area contributed by atoms with Gasteiger partial charge in [0.1, 0.15) is 5.82 Å². The average Bonchev–Trinajstić information content (AvgIpc) is 2.33. The molecule has 0 saturated carbocycles. The second-order valence-electron chi connectivity index (χ2n) is 3.53. The zero-order valence-corrected chi connectivity index (χ0v) is 12.1. The van der Waals surface area contributed by atoms with Gasteiger partial charge in [0.05, 0.1) is 12.2 Å². The van der Waals surface area contributed by atoms with Crippen LogP contribution in [0.25, 0.3) is 0 Å². The number of hydrogen-bond donors (Lipinski definition) is 1. The van der Waals surface area contributed by atoms with E-state index in [-0.39, 0.29) is 10.6 Å². The lowest BCUT2D eigenvalue weighted by Crippen LogP contribution is -2.26. The molecule has 0 unspecified atom stereocenters. The molecule has 1 aromatic rings. The molecule has 0 fully saturated rings. The molecule has 0 aliphatic rings. The number of benzene rings is 1. The summed E-state index contributed by atoms with van der Waals surface area (Å²) in [6.45, 7) is 1.65. The molecule has 1 N–H and O–H groups in total. The SMILES string of the molecule is O=C(NCCCOCCBr)c1ccc(Cl)cc1F. The van der Waals surface area contributed by atoms with Gasteiger partial charge < -0.3 is 10.1 Å². The second-order valence-corrected chi connectivity index (χ2v) is 4.76. The Labute approximate surface area is 119 Å². The fourth-order valence-electron chi connectivity index (χ4n) is 1.30. The first-order valence-corrected chi connectivity index (χ1v) is 7.02. The van der Waals surface area contributed by atoms with E-state index in [4.69, 9.17) is 16.3 Å². The summed E-state index contributed by atoms with van der Waals surface area (Å²) in [5, 5.41) is 3.68. The molecular formula is C12H14BrClFNO2. The van der Waals surface area contributed by atoms with Crippen LogP contribution < -0.4 is 5.32 Å². The summed E-state index contributed by atoms with van der Waals surface area (Å²) >= 11 is 8.84. The molecule has 18 heavy (non-hydrogen) atoms. The van der Waals surface area contributed by atoms with Crippen molar-refractivity contribution in [1.29, 1.82) is 0 Å². The predicted molar refractivity (Wildman–Crippen MR) is 73.0 cm³/mol. The summed E-state index contributed by atoms with van der Waals surface area (Å²) in [7, 11) is 0. The van der Waals surface area contributed by atoms with Crippen molar-refractivity contribution in [3.8, 4) is 0 Å². The smallest absolute Gasteiger partial charge is 0.254 e. The van der Waals surface area contributed by atoms with Gasteiger partial charge in [-0.2, -0.15) is 0 Å². The predicted octanol–water partition coefficient (Wildman–Crippen LogP) is 3.01. The standard InChI is InChI=1S/C12H14BrClFNO2/c13-4-7-18-6-1-5-16-12(17)10-3-2-9(14)8-11(10)15/h2-3,8H,1,4-7H2,(H,16,17). The van der Waals surface area contributed by atoms with Gasteiger partial charge >= 0.3 is 0 Å². The minimum atomic E-state index is -0.615. The van der Waals surface area contributed by atoms with Crippen molar-refractivity contribution in [3.63, 3.8) is 0 Å². The van der Waals surface area contributed by atoms with Gasteiger partial charge in [-0.1, -0.05) is 27.5 Å². The second kappa shape index (κ2) is 8.45. The Morgan fingerprint density at radius 2 is 2.22 bits per heavy atom. The first kappa shape index (κ1) is 15.4. The highest BCUT2D eigenvalue weighted by Gasteiger charge is 2.10. The normalized spacial score (nSPS) is 10.4. The summed E-state index contributed by atoms with van der Waals surface area (Å²) in [4.78, 5) is 11.6. The van der Waals surface area contributed by atoms with Crippen LogP contribution in [0.1, 0.15) is 16.8 Å². The highest BCUT2D eigenvalue weighted by Crippen LogP contribution is 2.14. The molecule has 100 valence electrons. The Morgan fingerprint density at radius 1 is 1.44 bits per heavy atom. The molecule has 0 atom stereocenters. The van der Waals surface area contributed by atoms with Crippen LogP contribution in [-0.2, 0) is 4.74 Å². The molecule has 0 bridgehead atoms. The Morgan fingerprint density at radius 3 is 2.89 bits per heavy atom. The van der Waals surface area contributed by atoms with Gasteiger partial charge in [-0.05, 0) is 24.6 Å². The molecule has 0 aromatic heterocycles. The van der Waals surface area contributed by atoms with E-state index in [1.165, 1.54) is 12.1 Å². The van der Waals surface area contributed by atoms with Crippen LogP contribution in [0.4, 0.5) is 4.39 Å². The van der Waals surface area contributed by atoms with Crippen molar-refractivity contribution >= 4 is 33.4 Å². The maximum Gasteiger partial charge on any atom is 0.254 e. The van der Waals surface area contributed by atoms with Crippen LogP contribution >= 0.6 is 27.5 Å². The third-order valence-corrected chi connectivity index (χ3v) is 2.71. The molecule has 6 heteroatoms. The number of carbonyl (C=O) groups is 1. The Bertz CT molecular complexity index is 404. The van der Waals surface area contributed by atoms with E-state index in [9.17, 15) is 9.18 Å². The van der Waals surface area contributed by atoms with E-state index in [0.717, 1.165) is 11.4 Å². The van der Waals surface area contributed by atoms with Crippen LogP contribution in [0.5, 0.6) is 0 Å². The van der Waals surface area contributed by atoms with Crippen LogP contribution in [0.2, 0.25) is 5.02 Å². The van der Waals surface area contributed by atoms with Gasteiger partial charge in [-0.15, -0.1) is 0 Å². The number of hydrogen-bond acceptors (Lipinski definition) is 2. The summed E-state index contributed by atoms with van der Waals surface area (Å²) in [6, 6.07) is 3.97. The number of alkyl halides is 1. The van der Waals surface area contributed by atoms with Crippen molar-refractivity contribution in [2.75, 3.05) is 25.1 Å². The third kappa shape index (κ3) is 5.33. The molecule has 3 nitrogen and oxygen atoms in total. The largest absolute Gasteiger partial charge is 0.381 e. The monoisotopic (exact) mass is 337 g/mol. The molecule has 0 saturated heterocycles. The number of halogens is 3. The van der Waals surface area contributed by atoms with Crippen molar-refractivity contribution in [2.45, 2.75) is 6.42 Å². The van der Waals surface area contributed by atoms with E-state index >= 15 is 0 Å². The zero-order chi connectivity index (χ0) is 13.4. The fraction of sp³-hybridized carbons (Fsp3) is 0.417. The molecule has 0 aliphatic carbocycles. The van der Waals surface area contributed by atoms with E-state index in [2.05, 4.69) is 21.2 Å². The van der Waals surface area contributed by atoms with E-state index in [1.54, 1.807) is 0 Å². The number of carbonyl (C=O) groups excluding carboxylic acids is 1. The van der Waals surface area contributed by atoms with Crippen molar-refractivity contribution in [3.05, 3.63) is 34.6 Å². The Hall–Kier alpha value is -0.650. The fourth-order valence-corrected chi connectivity index (χ4v) is 1.69. The van der Waals surface area contributed by atoms with Crippen LogP contribution in [0.15, 0.2) is 18.2 Å². The Kier molecular flexibility index (Phi) is 7.23. The third-order valence-electron chi connectivity index (χ3n) is 2.15. The first-order chi connectivity index (χ1) is 8.65. The number of amides is 1. The topological polar surface area (TPSA) is 38.3 Å². The lowest BCUT2D eigenvalue weighted by atomic mass is 10.2. The van der Waals surface area contributed by atoms with Crippen LogP contribution in [-0.4, -0.2) is 31.0 Å². The van der Waals surface area contributed by atoms with Crippen molar-refractivity contribution < 1.29 is 13.9 Å². The maximum absolute atomic E-state index is 13.4. The highest BCUT2D eigenvalue weighted by molar-refractivity contribution is 9.09. The molecule has 1 rings (SSSR count). The van der Waals surface area contributed by atoms with Gasteiger partial charge in [0.25, 0.3) is 5.91 Å². The lowest BCUT2D eigenvalue weighted by molar-refractivity contribution is 0.0941. The van der Waals surface area contributed by atoms with E-state index in [0.29, 0.717) is 26.2 Å². The average molecular weight is 339 g/mol. The van der Waals surface area contributed by atoms with Gasteiger partial charge in [-0.3, -0.25) is 4.79 Å².